The van der Waals surface area contributed by atoms with Crippen LogP contribution in [0.5, 0.6) is 0 Å². The predicted octanol–water partition coefficient (Wildman–Crippen LogP) is 3.99. The summed E-state index contributed by atoms with van der Waals surface area (Å²) in [5.74, 6) is 0. The zero-order valence-corrected chi connectivity index (χ0v) is 9.52. The molecule has 0 bridgehead atoms. The first-order chi connectivity index (χ1) is 8.15. The van der Waals surface area contributed by atoms with Gasteiger partial charge in [0.25, 0.3) is 5.69 Å². The molecular weight excluding hydrogens is 240 g/mol. The van der Waals surface area contributed by atoms with E-state index >= 15 is 0 Å². The van der Waals surface area contributed by atoms with E-state index in [4.69, 9.17) is 11.6 Å². The normalized spacial score (nSPS) is 9.94. The number of halogens is 1. The molecule has 2 rings (SSSR count). The Balaban J connectivity index is 2.16. The average Bonchev–Trinajstić information content (AvgIpc) is 2.29. The monoisotopic (exact) mass is 248 g/mol. The summed E-state index contributed by atoms with van der Waals surface area (Å²) in [6.45, 7) is 0. The number of nitro benzene ring substituents is 1. The molecule has 1 N–H and O–H groups in total. The molecule has 0 saturated carbocycles. The van der Waals surface area contributed by atoms with Gasteiger partial charge >= 0.3 is 0 Å². The highest BCUT2D eigenvalue weighted by molar-refractivity contribution is 6.30. The first-order valence-corrected chi connectivity index (χ1v) is 5.30. The van der Waals surface area contributed by atoms with Crippen LogP contribution in [-0.4, -0.2) is 4.92 Å². The molecule has 0 spiro atoms. The SMILES string of the molecule is O=[N+]([O-])c1ccc(Nc2cccc(Cl)c2)cc1. The minimum atomic E-state index is -0.427. The van der Waals surface area contributed by atoms with Gasteiger partial charge in [-0.05, 0) is 30.3 Å². The third kappa shape index (κ3) is 2.95. The minimum absolute atomic E-state index is 0.0710. The summed E-state index contributed by atoms with van der Waals surface area (Å²) in [6.07, 6.45) is 0. The molecule has 0 atom stereocenters. The van der Waals surface area contributed by atoms with E-state index in [2.05, 4.69) is 5.32 Å². The molecule has 0 heterocycles. The van der Waals surface area contributed by atoms with Crippen molar-refractivity contribution in [1.29, 1.82) is 0 Å². The number of hydrogen-bond acceptors (Lipinski definition) is 3. The summed E-state index contributed by atoms with van der Waals surface area (Å²) in [5.41, 5.74) is 1.69. The summed E-state index contributed by atoms with van der Waals surface area (Å²) in [5, 5.41) is 14.2. The van der Waals surface area contributed by atoms with E-state index in [1.54, 1.807) is 24.3 Å². The number of nitrogens with zero attached hydrogens (tertiary/aromatic N) is 1. The maximum Gasteiger partial charge on any atom is 0.269 e. The standard InChI is InChI=1S/C12H9ClN2O2/c13-9-2-1-3-11(8-9)14-10-4-6-12(7-5-10)15(16)17/h1-8,14H. The van der Waals surface area contributed by atoms with Gasteiger partial charge in [0.05, 0.1) is 4.92 Å². The number of anilines is 2. The smallest absolute Gasteiger partial charge is 0.269 e. The van der Waals surface area contributed by atoms with Crippen LogP contribution < -0.4 is 5.32 Å². The minimum Gasteiger partial charge on any atom is -0.355 e. The number of nitro groups is 1. The highest BCUT2D eigenvalue weighted by Gasteiger charge is 2.03. The Morgan fingerprint density at radius 1 is 1.06 bits per heavy atom. The van der Waals surface area contributed by atoms with E-state index in [1.807, 2.05) is 12.1 Å². The van der Waals surface area contributed by atoms with Gasteiger partial charge < -0.3 is 5.32 Å². The van der Waals surface area contributed by atoms with Gasteiger partial charge in [0.2, 0.25) is 0 Å². The van der Waals surface area contributed by atoms with Gasteiger partial charge in [-0.15, -0.1) is 0 Å². The van der Waals surface area contributed by atoms with Crippen LogP contribution in [0.15, 0.2) is 48.5 Å². The summed E-state index contributed by atoms with van der Waals surface area (Å²) in [7, 11) is 0. The summed E-state index contributed by atoms with van der Waals surface area (Å²) < 4.78 is 0. The lowest BCUT2D eigenvalue weighted by Gasteiger charge is -2.06. The van der Waals surface area contributed by atoms with Crippen molar-refractivity contribution in [3.8, 4) is 0 Å². The molecule has 2 aromatic rings. The van der Waals surface area contributed by atoms with Crippen molar-refractivity contribution in [2.75, 3.05) is 5.32 Å². The first-order valence-electron chi connectivity index (χ1n) is 4.92. The van der Waals surface area contributed by atoms with E-state index in [9.17, 15) is 10.1 Å². The van der Waals surface area contributed by atoms with Gasteiger partial charge in [0, 0.05) is 28.5 Å². The second kappa shape index (κ2) is 4.84. The van der Waals surface area contributed by atoms with E-state index < -0.39 is 4.92 Å². The fraction of sp³-hybridized carbons (Fsp3) is 0. The maximum absolute atomic E-state index is 10.5. The van der Waals surface area contributed by atoms with Crippen molar-refractivity contribution in [2.24, 2.45) is 0 Å². The van der Waals surface area contributed by atoms with Crippen molar-refractivity contribution in [3.05, 3.63) is 63.7 Å². The molecule has 0 aliphatic rings. The summed E-state index contributed by atoms with van der Waals surface area (Å²) >= 11 is 5.85. The summed E-state index contributed by atoms with van der Waals surface area (Å²) in [4.78, 5) is 10.1. The Hall–Kier alpha value is -2.07. The second-order valence-electron chi connectivity index (χ2n) is 3.44. The predicted molar refractivity (Wildman–Crippen MR) is 67.8 cm³/mol. The number of nitrogens with one attached hydrogen (secondary N) is 1. The largest absolute Gasteiger partial charge is 0.355 e. The third-order valence-corrected chi connectivity index (χ3v) is 2.43. The van der Waals surface area contributed by atoms with E-state index in [0.29, 0.717) is 5.02 Å². The zero-order chi connectivity index (χ0) is 12.3. The molecule has 4 nitrogen and oxygen atoms in total. The van der Waals surface area contributed by atoms with Crippen molar-refractivity contribution >= 4 is 28.7 Å². The third-order valence-electron chi connectivity index (χ3n) is 2.19. The topological polar surface area (TPSA) is 55.2 Å². The van der Waals surface area contributed by atoms with Gasteiger partial charge in [0.15, 0.2) is 0 Å². The number of hydrogen-bond donors (Lipinski definition) is 1. The van der Waals surface area contributed by atoms with Crippen LogP contribution in [-0.2, 0) is 0 Å². The van der Waals surface area contributed by atoms with Crippen molar-refractivity contribution in [1.82, 2.24) is 0 Å². The molecule has 0 fully saturated rings. The van der Waals surface area contributed by atoms with Crippen LogP contribution >= 0.6 is 11.6 Å². The van der Waals surface area contributed by atoms with Crippen LogP contribution in [0.4, 0.5) is 17.1 Å². The molecule has 17 heavy (non-hydrogen) atoms. The van der Waals surface area contributed by atoms with E-state index in [-0.39, 0.29) is 5.69 Å². The Kier molecular flexibility index (Phi) is 3.25. The fourth-order valence-electron chi connectivity index (χ4n) is 1.40. The van der Waals surface area contributed by atoms with Gasteiger partial charge in [-0.25, -0.2) is 0 Å². The van der Waals surface area contributed by atoms with Crippen LogP contribution in [0.3, 0.4) is 0 Å². The van der Waals surface area contributed by atoms with Gasteiger partial charge in [-0.1, -0.05) is 17.7 Å². The van der Waals surface area contributed by atoms with Crippen molar-refractivity contribution in [3.63, 3.8) is 0 Å². The van der Waals surface area contributed by atoms with E-state index in [1.165, 1.54) is 12.1 Å². The Morgan fingerprint density at radius 3 is 2.35 bits per heavy atom. The van der Waals surface area contributed by atoms with Crippen LogP contribution in [0.2, 0.25) is 5.02 Å². The molecule has 0 aliphatic heterocycles. The van der Waals surface area contributed by atoms with Gasteiger partial charge in [-0.3, -0.25) is 10.1 Å². The summed E-state index contributed by atoms with van der Waals surface area (Å²) in [6, 6.07) is 13.5. The number of non-ortho nitro benzene ring substituents is 1. The van der Waals surface area contributed by atoms with Crippen molar-refractivity contribution in [2.45, 2.75) is 0 Å². The molecule has 2 aromatic carbocycles. The van der Waals surface area contributed by atoms with Gasteiger partial charge in [-0.2, -0.15) is 0 Å². The Bertz CT molecular complexity index is 540. The molecule has 0 aromatic heterocycles. The Morgan fingerprint density at radius 2 is 1.76 bits per heavy atom. The Labute approximate surface area is 103 Å². The van der Waals surface area contributed by atoms with Crippen molar-refractivity contribution < 1.29 is 4.92 Å². The highest BCUT2D eigenvalue weighted by Crippen LogP contribution is 2.21. The lowest BCUT2D eigenvalue weighted by molar-refractivity contribution is -0.384. The maximum atomic E-state index is 10.5. The molecule has 0 unspecified atom stereocenters. The number of benzene rings is 2. The molecule has 0 aliphatic carbocycles. The molecule has 0 amide bonds. The lowest BCUT2D eigenvalue weighted by Crippen LogP contribution is -1.91. The first kappa shape index (κ1) is 11.4. The molecule has 5 heteroatoms. The van der Waals surface area contributed by atoms with Crippen LogP contribution in [0.25, 0.3) is 0 Å². The van der Waals surface area contributed by atoms with Crippen LogP contribution in [0, 0.1) is 10.1 Å². The highest BCUT2D eigenvalue weighted by atomic mass is 35.5. The average molecular weight is 249 g/mol. The molecular formula is C12H9ClN2O2. The number of rotatable bonds is 3. The quantitative estimate of drug-likeness (QED) is 0.660. The van der Waals surface area contributed by atoms with E-state index in [0.717, 1.165) is 11.4 Å². The molecule has 86 valence electrons. The fourth-order valence-corrected chi connectivity index (χ4v) is 1.59. The molecule has 0 radical (unpaired) electrons. The van der Waals surface area contributed by atoms with Crippen LogP contribution in [0.1, 0.15) is 0 Å². The molecule has 0 saturated heterocycles. The van der Waals surface area contributed by atoms with Gasteiger partial charge in [0.1, 0.15) is 0 Å². The second-order valence-corrected chi connectivity index (χ2v) is 3.88. The lowest BCUT2D eigenvalue weighted by atomic mass is 10.2. The zero-order valence-electron chi connectivity index (χ0n) is 8.76.